The van der Waals surface area contributed by atoms with Crippen molar-refractivity contribution in [2.24, 2.45) is 0 Å². The summed E-state index contributed by atoms with van der Waals surface area (Å²) >= 11 is 0. The fourth-order valence-corrected chi connectivity index (χ4v) is 4.23. The summed E-state index contributed by atoms with van der Waals surface area (Å²) in [5.74, 6) is 1.46. The topological polar surface area (TPSA) is 52.4 Å². The van der Waals surface area contributed by atoms with Crippen molar-refractivity contribution >= 4 is 16.7 Å². The molecule has 1 saturated heterocycles. The molecule has 6 nitrogen and oxygen atoms in total. The first kappa shape index (κ1) is 21.0. The number of rotatable bonds is 6. The summed E-state index contributed by atoms with van der Waals surface area (Å²) < 4.78 is 16.1. The molecule has 0 radical (unpaired) electrons. The number of hydrogen-bond acceptors (Lipinski definition) is 4. The van der Waals surface area contributed by atoms with Gasteiger partial charge in [-0.3, -0.25) is 4.79 Å². The molecule has 1 aliphatic heterocycles. The van der Waals surface area contributed by atoms with E-state index in [1.807, 2.05) is 4.90 Å². The van der Waals surface area contributed by atoms with Crippen molar-refractivity contribution < 1.29 is 23.9 Å². The molecule has 0 saturated carbocycles. The number of fused-ring (bicyclic) bond motifs is 1. The van der Waals surface area contributed by atoms with E-state index >= 15 is 0 Å². The minimum atomic E-state index is -0.0102. The number of amides is 1. The summed E-state index contributed by atoms with van der Waals surface area (Å²) in [6.45, 7) is 4.25. The second kappa shape index (κ2) is 9.27. The SMILES string of the molecule is COc1cc(C(=O)N2CC[NH+](Cc3ccc4ccccc4c3)CC2)cc(OC)c1OC. The second-order valence-corrected chi connectivity index (χ2v) is 7.81. The lowest BCUT2D eigenvalue weighted by Gasteiger charge is -2.32. The van der Waals surface area contributed by atoms with E-state index in [4.69, 9.17) is 14.2 Å². The van der Waals surface area contributed by atoms with Gasteiger partial charge in [-0.05, 0) is 29.0 Å². The second-order valence-electron chi connectivity index (χ2n) is 7.81. The van der Waals surface area contributed by atoms with Crippen molar-refractivity contribution in [1.29, 1.82) is 0 Å². The Morgan fingerprint density at radius 2 is 1.52 bits per heavy atom. The first-order valence-corrected chi connectivity index (χ1v) is 10.5. The molecule has 162 valence electrons. The minimum Gasteiger partial charge on any atom is -0.493 e. The highest BCUT2D eigenvalue weighted by Crippen LogP contribution is 2.38. The van der Waals surface area contributed by atoms with Crippen LogP contribution in [0.1, 0.15) is 15.9 Å². The lowest BCUT2D eigenvalue weighted by atomic mass is 10.1. The van der Waals surface area contributed by atoms with Gasteiger partial charge in [0.05, 0.1) is 47.5 Å². The van der Waals surface area contributed by atoms with Gasteiger partial charge >= 0.3 is 0 Å². The van der Waals surface area contributed by atoms with Crippen LogP contribution in [-0.2, 0) is 6.54 Å². The third kappa shape index (κ3) is 4.44. The van der Waals surface area contributed by atoms with Gasteiger partial charge in [0, 0.05) is 11.1 Å². The van der Waals surface area contributed by atoms with Gasteiger partial charge in [0.15, 0.2) is 11.5 Å². The van der Waals surface area contributed by atoms with Crippen molar-refractivity contribution in [2.45, 2.75) is 6.54 Å². The fourth-order valence-electron chi connectivity index (χ4n) is 4.23. The van der Waals surface area contributed by atoms with E-state index in [-0.39, 0.29) is 5.91 Å². The first-order chi connectivity index (χ1) is 15.1. The molecule has 31 heavy (non-hydrogen) atoms. The van der Waals surface area contributed by atoms with Crippen molar-refractivity contribution in [3.8, 4) is 17.2 Å². The van der Waals surface area contributed by atoms with Gasteiger partial charge in [-0.25, -0.2) is 0 Å². The normalized spacial score (nSPS) is 14.5. The highest BCUT2D eigenvalue weighted by Gasteiger charge is 2.26. The molecule has 0 spiro atoms. The standard InChI is InChI=1S/C25H28N2O4/c1-29-22-15-21(16-23(30-2)24(22)31-3)25(28)27-12-10-26(11-13-27)17-18-8-9-19-6-4-5-7-20(19)14-18/h4-9,14-16H,10-13,17H2,1-3H3/p+1. The molecule has 0 atom stereocenters. The molecule has 4 rings (SSSR count). The number of quaternary nitrogens is 1. The molecule has 1 fully saturated rings. The van der Waals surface area contributed by atoms with Crippen LogP contribution in [-0.4, -0.2) is 58.3 Å². The van der Waals surface area contributed by atoms with E-state index in [0.29, 0.717) is 22.8 Å². The van der Waals surface area contributed by atoms with Gasteiger partial charge in [-0.1, -0.05) is 36.4 Å². The summed E-state index contributed by atoms with van der Waals surface area (Å²) in [5.41, 5.74) is 1.88. The molecule has 3 aromatic carbocycles. The van der Waals surface area contributed by atoms with Crippen LogP contribution in [0.4, 0.5) is 0 Å². The van der Waals surface area contributed by atoms with Crippen LogP contribution < -0.4 is 19.1 Å². The predicted molar refractivity (Wildman–Crippen MR) is 120 cm³/mol. The zero-order valence-corrected chi connectivity index (χ0v) is 18.3. The first-order valence-electron chi connectivity index (χ1n) is 10.5. The van der Waals surface area contributed by atoms with E-state index in [0.717, 1.165) is 32.7 Å². The van der Waals surface area contributed by atoms with Crippen molar-refractivity contribution in [2.75, 3.05) is 47.5 Å². The largest absolute Gasteiger partial charge is 0.493 e. The number of carbonyl (C=O) groups is 1. The van der Waals surface area contributed by atoms with Gasteiger partial charge in [0.1, 0.15) is 6.54 Å². The predicted octanol–water partition coefficient (Wildman–Crippen LogP) is 2.41. The minimum absolute atomic E-state index is 0.0102. The van der Waals surface area contributed by atoms with Crippen molar-refractivity contribution in [3.05, 3.63) is 65.7 Å². The molecule has 6 heteroatoms. The molecule has 0 aromatic heterocycles. The van der Waals surface area contributed by atoms with Crippen LogP contribution in [0.3, 0.4) is 0 Å². The molecule has 1 heterocycles. The van der Waals surface area contributed by atoms with Crippen LogP contribution in [0.15, 0.2) is 54.6 Å². The third-order valence-electron chi connectivity index (χ3n) is 5.94. The highest BCUT2D eigenvalue weighted by molar-refractivity contribution is 5.95. The summed E-state index contributed by atoms with van der Waals surface area (Å²) in [5, 5.41) is 2.54. The molecule has 1 aliphatic rings. The van der Waals surface area contributed by atoms with Crippen LogP contribution in [0.25, 0.3) is 10.8 Å². The summed E-state index contributed by atoms with van der Waals surface area (Å²) in [6.07, 6.45) is 0. The molecule has 3 aromatic rings. The zero-order chi connectivity index (χ0) is 21.8. The van der Waals surface area contributed by atoms with E-state index in [2.05, 4.69) is 42.5 Å². The average molecular weight is 422 g/mol. The van der Waals surface area contributed by atoms with E-state index < -0.39 is 0 Å². The number of carbonyl (C=O) groups excluding carboxylic acids is 1. The van der Waals surface area contributed by atoms with Gasteiger partial charge in [0.25, 0.3) is 5.91 Å². The molecule has 0 aliphatic carbocycles. The average Bonchev–Trinajstić information content (AvgIpc) is 2.83. The molecular formula is C25H29N2O4+. The quantitative estimate of drug-likeness (QED) is 0.664. The Morgan fingerprint density at radius 1 is 0.871 bits per heavy atom. The van der Waals surface area contributed by atoms with Gasteiger partial charge in [-0.2, -0.15) is 0 Å². The number of methoxy groups -OCH3 is 3. The Bertz CT molecular complexity index is 1050. The molecular weight excluding hydrogens is 392 g/mol. The lowest BCUT2D eigenvalue weighted by molar-refractivity contribution is -0.917. The fraction of sp³-hybridized carbons (Fsp3) is 0.320. The third-order valence-corrected chi connectivity index (χ3v) is 5.94. The molecule has 0 bridgehead atoms. The Hall–Kier alpha value is -3.25. The Morgan fingerprint density at radius 3 is 2.13 bits per heavy atom. The summed E-state index contributed by atoms with van der Waals surface area (Å²) in [7, 11) is 4.67. The maximum Gasteiger partial charge on any atom is 0.254 e. The van der Waals surface area contributed by atoms with E-state index in [1.165, 1.54) is 21.2 Å². The van der Waals surface area contributed by atoms with Gasteiger partial charge < -0.3 is 24.0 Å². The van der Waals surface area contributed by atoms with Crippen molar-refractivity contribution in [1.82, 2.24) is 4.90 Å². The number of hydrogen-bond donors (Lipinski definition) is 1. The Balaban J connectivity index is 1.41. The van der Waals surface area contributed by atoms with Gasteiger partial charge in [0.2, 0.25) is 5.75 Å². The Labute approximate surface area is 182 Å². The van der Waals surface area contributed by atoms with Crippen molar-refractivity contribution in [3.63, 3.8) is 0 Å². The van der Waals surface area contributed by atoms with Gasteiger partial charge in [-0.15, -0.1) is 0 Å². The zero-order valence-electron chi connectivity index (χ0n) is 18.3. The molecule has 1 amide bonds. The number of nitrogens with zero attached hydrogens (tertiary/aromatic N) is 1. The van der Waals surface area contributed by atoms with E-state index in [9.17, 15) is 4.79 Å². The van der Waals surface area contributed by atoms with Crippen LogP contribution in [0.5, 0.6) is 17.2 Å². The summed E-state index contributed by atoms with van der Waals surface area (Å²) in [4.78, 5) is 16.5. The lowest BCUT2D eigenvalue weighted by Crippen LogP contribution is -3.13. The monoisotopic (exact) mass is 421 g/mol. The summed E-state index contributed by atoms with van der Waals surface area (Å²) in [6, 6.07) is 18.6. The van der Waals surface area contributed by atoms with Crippen LogP contribution >= 0.6 is 0 Å². The maximum atomic E-state index is 13.1. The van der Waals surface area contributed by atoms with Crippen LogP contribution in [0, 0.1) is 0 Å². The Kier molecular flexibility index (Phi) is 6.28. The smallest absolute Gasteiger partial charge is 0.254 e. The number of ether oxygens (including phenoxy) is 3. The molecule has 0 unspecified atom stereocenters. The number of benzene rings is 3. The molecule has 1 N–H and O–H groups in total. The van der Waals surface area contributed by atoms with E-state index in [1.54, 1.807) is 33.5 Å². The number of nitrogens with one attached hydrogen (secondary N) is 1. The maximum absolute atomic E-state index is 13.1. The number of piperazine rings is 1. The highest BCUT2D eigenvalue weighted by atomic mass is 16.5. The van der Waals surface area contributed by atoms with Crippen LogP contribution in [0.2, 0.25) is 0 Å².